The quantitative estimate of drug-likeness (QED) is 0.873. The first kappa shape index (κ1) is 13.1. The summed E-state index contributed by atoms with van der Waals surface area (Å²) in [5.74, 6) is 1.53. The summed E-state index contributed by atoms with van der Waals surface area (Å²) in [6.07, 6.45) is 1.43. The summed E-state index contributed by atoms with van der Waals surface area (Å²) in [6, 6.07) is 3.69. The highest BCUT2D eigenvalue weighted by Gasteiger charge is 2.40. The smallest absolute Gasteiger partial charge is 0.230 e. The summed E-state index contributed by atoms with van der Waals surface area (Å²) in [6.45, 7) is 6.41. The number of hydrogen-bond acceptors (Lipinski definition) is 3. The zero-order chi connectivity index (χ0) is 13.3. The molecule has 0 aromatic carbocycles. The molecule has 4 heteroatoms. The molecule has 100 valence electrons. The molecule has 1 fully saturated rings. The number of furan rings is 1. The SMILES string of the molecule is Cc1ccc(CC(=O)N2CCCC(O)C2(C)C)o1. The van der Waals surface area contributed by atoms with E-state index < -0.39 is 11.6 Å². The molecule has 0 aliphatic carbocycles. The second kappa shape index (κ2) is 4.76. The van der Waals surface area contributed by atoms with Crippen LogP contribution in [0.4, 0.5) is 0 Å². The van der Waals surface area contributed by atoms with Gasteiger partial charge in [-0.3, -0.25) is 4.79 Å². The molecule has 18 heavy (non-hydrogen) atoms. The normalized spacial score (nSPS) is 23.1. The minimum atomic E-state index is -0.489. The van der Waals surface area contributed by atoms with E-state index in [0.717, 1.165) is 18.6 Å². The highest BCUT2D eigenvalue weighted by Crippen LogP contribution is 2.28. The second-order valence-corrected chi connectivity index (χ2v) is 5.55. The van der Waals surface area contributed by atoms with Crippen molar-refractivity contribution in [3.63, 3.8) is 0 Å². The van der Waals surface area contributed by atoms with Crippen molar-refractivity contribution < 1.29 is 14.3 Å². The van der Waals surface area contributed by atoms with Gasteiger partial charge in [-0.2, -0.15) is 0 Å². The van der Waals surface area contributed by atoms with Gasteiger partial charge in [0, 0.05) is 6.54 Å². The number of carbonyl (C=O) groups excluding carboxylic acids is 1. The minimum Gasteiger partial charge on any atom is -0.466 e. The van der Waals surface area contributed by atoms with Crippen LogP contribution in [0.2, 0.25) is 0 Å². The van der Waals surface area contributed by atoms with E-state index >= 15 is 0 Å². The predicted molar refractivity (Wildman–Crippen MR) is 68.2 cm³/mol. The van der Waals surface area contributed by atoms with Gasteiger partial charge >= 0.3 is 0 Å². The molecule has 1 N–H and O–H groups in total. The zero-order valence-corrected chi connectivity index (χ0v) is 11.3. The van der Waals surface area contributed by atoms with Crippen LogP contribution in [0.15, 0.2) is 16.5 Å². The van der Waals surface area contributed by atoms with Crippen LogP contribution in [-0.2, 0) is 11.2 Å². The van der Waals surface area contributed by atoms with Gasteiger partial charge in [-0.05, 0) is 45.7 Å². The molecule has 1 aliphatic rings. The molecule has 1 aromatic rings. The minimum absolute atomic E-state index is 0.0214. The van der Waals surface area contributed by atoms with Crippen molar-refractivity contribution >= 4 is 5.91 Å². The average Bonchev–Trinajstić information content (AvgIpc) is 2.67. The highest BCUT2D eigenvalue weighted by molar-refractivity contribution is 5.79. The number of nitrogens with zero attached hydrogens (tertiary/aromatic N) is 1. The number of carbonyl (C=O) groups is 1. The van der Waals surface area contributed by atoms with E-state index in [4.69, 9.17) is 4.42 Å². The standard InChI is InChI=1S/C14H21NO3/c1-10-6-7-11(18-10)9-13(17)15-8-4-5-12(16)14(15,2)3/h6-7,12,16H,4-5,8-9H2,1-3H3. The molecule has 0 radical (unpaired) electrons. The van der Waals surface area contributed by atoms with Crippen molar-refractivity contribution in [3.05, 3.63) is 23.7 Å². The number of aliphatic hydroxyl groups is 1. The van der Waals surface area contributed by atoms with Gasteiger partial charge in [0.2, 0.25) is 5.91 Å². The maximum atomic E-state index is 12.3. The van der Waals surface area contributed by atoms with Crippen molar-refractivity contribution in [2.75, 3.05) is 6.54 Å². The Kier molecular flexibility index (Phi) is 3.48. The number of hydrogen-bond donors (Lipinski definition) is 1. The molecule has 1 saturated heterocycles. The summed E-state index contributed by atoms with van der Waals surface area (Å²) < 4.78 is 5.43. The Bertz CT molecular complexity index is 436. The first-order chi connectivity index (χ1) is 8.41. The molecule has 1 aromatic heterocycles. The Morgan fingerprint density at radius 1 is 1.56 bits per heavy atom. The molecular formula is C14H21NO3. The fourth-order valence-electron chi connectivity index (χ4n) is 2.53. The molecule has 1 aliphatic heterocycles. The van der Waals surface area contributed by atoms with Crippen LogP contribution in [0.5, 0.6) is 0 Å². The van der Waals surface area contributed by atoms with Gasteiger partial charge in [-0.1, -0.05) is 0 Å². The zero-order valence-electron chi connectivity index (χ0n) is 11.3. The molecule has 2 rings (SSSR count). The summed E-state index contributed by atoms with van der Waals surface area (Å²) >= 11 is 0. The largest absolute Gasteiger partial charge is 0.466 e. The van der Waals surface area contributed by atoms with Crippen molar-refractivity contribution in [1.29, 1.82) is 0 Å². The van der Waals surface area contributed by atoms with E-state index in [1.807, 2.05) is 32.9 Å². The number of aliphatic hydroxyl groups excluding tert-OH is 1. The summed E-state index contributed by atoms with van der Waals surface area (Å²) in [7, 11) is 0. The van der Waals surface area contributed by atoms with Crippen LogP contribution < -0.4 is 0 Å². The Hall–Kier alpha value is -1.29. The first-order valence-electron chi connectivity index (χ1n) is 6.45. The maximum Gasteiger partial charge on any atom is 0.230 e. The molecule has 1 atom stereocenters. The van der Waals surface area contributed by atoms with Crippen molar-refractivity contribution in [3.8, 4) is 0 Å². The molecular weight excluding hydrogens is 230 g/mol. The fraction of sp³-hybridized carbons (Fsp3) is 0.643. The van der Waals surface area contributed by atoms with Crippen LogP contribution in [0.3, 0.4) is 0 Å². The Morgan fingerprint density at radius 2 is 2.28 bits per heavy atom. The topological polar surface area (TPSA) is 53.7 Å². The lowest BCUT2D eigenvalue weighted by atomic mass is 9.87. The van der Waals surface area contributed by atoms with E-state index in [2.05, 4.69) is 0 Å². The van der Waals surface area contributed by atoms with E-state index in [1.165, 1.54) is 0 Å². The Balaban J connectivity index is 2.08. The summed E-state index contributed by atoms with van der Waals surface area (Å²) in [5, 5.41) is 10.0. The van der Waals surface area contributed by atoms with Crippen molar-refractivity contribution in [2.24, 2.45) is 0 Å². The molecule has 1 unspecified atom stereocenters. The molecule has 4 nitrogen and oxygen atoms in total. The van der Waals surface area contributed by atoms with Crippen molar-refractivity contribution in [1.82, 2.24) is 4.90 Å². The number of rotatable bonds is 2. The van der Waals surface area contributed by atoms with E-state index in [1.54, 1.807) is 4.90 Å². The Labute approximate surface area is 108 Å². The van der Waals surface area contributed by atoms with E-state index in [0.29, 0.717) is 12.3 Å². The number of aryl methyl sites for hydroxylation is 1. The first-order valence-corrected chi connectivity index (χ1v) is 6.45. The molecule has 0 spiro atoms. The monoisotopic (exact) mass is 251 g/mol. The molecule has 0 bridgehead atoms. The lowest BCUT2D eigenvalue weighted by molar-refractivity contribution is -0.145. The van der Waals surface area contributed by atoms with Crippen LogP contribution >= 0.6 is 0 Å². The van der Waals surface area contributed by atoms with Gasteiger partial charge in [0.05, 0.1) is 18.1 Å². The summed E-state index contributed by atoms with van der Waals surface area (Å²) in [5.41, 5.74) is -0.489. The number of amides is 1. The van der Waals surface area contributed by atoms with Gasteiger partial charge in [-0.25, -0.2) is 0 Å². The molecule has 0 saturated carbocycles. The van der Waals surface area contributed by atoms with Crippen LogP contribution in [0, 0.1) is 6.92 Å². The van der Waals surface area contributed by atoms with Gasteiger partial charge in [-0.15, -0.1) is 0 Å². The lowest BCUT2D eigenvalue weighted by Crippen LogP contribution is -2.58. The third-order valence-corrected chi connectivity index (χ3v) is 3.79. The van der Waals surface area contributed by atoms with Gasteiger partial charge < -0.3 is 14.4 Å². The number of likely N-dealkylation sites (tertiary alicyclic amines) is 1. The van der Waals surface area contributed by atoms with E-state index in [-0.39, 0.29) is 12.3 Å². The van der Waals surface area contributed by atoms with E-state index in [9.17, 15) is 9.90 Å². The molecule has 1 amide bonds. The van der Waals surface area contributed by atoms with Crippen LogP contribution in [-0.4, -0.2) is 34.1 Å². The highest BCUT2D eigenvalue weighted by atomic mass is 16.3. The van der Waals surface area contributed by atoms with Crippen LogP contribution in [0.25, 0.3) is 0 Å². The van der Waals surface area contributed by atoms with Gasteiger partial charge in [0.15, 0.2) is 0 Å². The lowest BCUT2D eigenvalue weighted by Gasteiger charge is -2.45. The Morgan fingerprint density at radius 3 is 2.89 bits per heavy atom. The fourth-order valence-corrected chi connectivity index (χ4v) is 2.53. The molecule has 2 heterocycles. The van der Waals surface area contributed by atoms with Gasteiger partial charge in [0.25, 0.3) is 0 Å². The predicted octanol–water partition coefficient (Wildman–Crippen LogP) is 1.89. The van der Waals surface area contributed by atoms with Crippen molar-refractivity contribution in [2.45, 2.75) is 51.7 Å². The van der Waals surface area contributed by atoms with Crippen LogP contribution in [0.1, 0.15) is 38.2 Å². The van der Waals surface area contributed by atoms with Gasteiger partial charge in [0.1, 0.15) is 11.5 Å². The third-order valence-electron chi connectivity index (χ3n) is 3.79. The third kappa shape index (κ3) is 2.43. The number of piperidine rings is 1. The summed E-state index contributed by atoms with van der Waals surface area (Å²) in [4.78, 5) is 14.1. The average molecular weight is 251 g/mol. The second-order valence-electron chi connectivity index (χ2n) is 5.55. The maximum absolute atomic E-state index is 12.3.